The molecule has 0 aliphatic carbocycles. The summed E-state index contributed by atoms with van der Waals surface area (Å²) < 4.78 is 4.85. The third kappa shape index (κ3) is 7.70. The highest BCUT2D eigenvalue weighted by Crippen LogP contribution is 2.00. The van der Waals surface area contributed by atoms with E-state index in [1.807, 2.05) is 13.8 Å². The molecule has 0 bridgehead atoms. The average Bonchev–Trinajstić information content (AvgIpc) is 2.23. The molecular formula is C11H22N2O4. The van der Waals surface area contributed by atoms with Crippen LogP contribution >= 0.6 is 0 Å². The molecule has 6 nitrogen and oxygen atoms in total. The number of rotatable bonds is 9. The van der Waals surface area contributed by atoms with Gasteiger partial charge in [-0.1, -0.05) is 0 Å². The minimum atomic E-state index is -0.893. The summed E-state index contributed by atoms with van der Waals surface area (Å²) in [6.07, 6.45) is -0.0258. The number of nitrogens with one attached hydrogen (secondary N) is 1. The Hall–Kier alpha value is -1.14. The van der Waals surface area contributed by atoms with E-state index in [1.165, 1.54) is 0 Å². The first-order valence-corrected chi connectivity index (χ1v) is 5.70. The van der Waals surface area contributed by atoms with Crippen LogP contribution in [-0.4, -0.2) is 61.3 Å². The van der Waals surface area contributed by atoms with Crippen molar-refractivity contribution in [3.05, 3.63) is 0 Å². The van der Waals surface area contributed by atoms with Crippen LogP contribution < -0.4 is 5.32 Å². The number of methoxy groups -OCH3 is 1. The minimum Gasteiger partial charge on any atom is -0.481 e. The Bertz CT molecular complexity index is 244. The number of hydrogen-bond acceptors (Lipinski definition) is 4. The number of carboxylic acids is 1. The van der Waals surface area contributed by atoms with Crippen molar-refractivity contribution in [2.45, 2.75) is 26.3 Å². The van der Waals surface area contributed by atoms with Crippen molar-refractivity contribution in [1.29, 1.82) is 0 Å². The van der Waals surface area contributed by atoms with E-state index in [4.69, 9.17) is 9.84 Å². The van der Waals surface area contributed by atoms with Gasteiger partial charge in [0.15, 0.2) is 0 Å². The molecule has 0 heterocycles. The van der Waals surface area contributed by atoms with Gasteiger partial charge >= 0.3 is 5.97 Å². The first-order chi connectivity index (χ1) is 7.99. The number of carboxylic acid groups (broad SMARTS) is 1. The van der Waals surface area contributed by atoms with Crippen LogP contribution in [0.15, 0.2) is 0 Å². The van der Waals surface area contributed by atoms with Gasteiger partial charge in [-0.05, 0) is 13.8 Å². The Kier molecular flexibility index (Phi) is 8.35. The van der Waals surface area contributed by atoms with Gasteiger partial charge in [0.2, 0.25) is 5.91 Å². The molecule has 0 aliphatic rings. The lowest BCUT2D eigenvalue weighted by atomic mass is 10.2. The van der Waals surface area contributed by atoms with Crippen LogP contribution in [0.25, 0.3) is 0 Å². The topological polar surface area (TPSA) is 78.9 Å². The van der Waals surface area contributed by atoms with Gasteiger partial charge in [-0.3, -0.25) is 9.59 Å². The van der Waals surface area contributed by atoms with Gasteiger partial charge < -0.3 is 20.1 Å². The fourth-order valence-corrected chi connectivity index (χ4v) is 1.36. The van der Waals surface area contributed by atoms with E-state index in [1.54, 1.807) is 12.0 Å². The highest BCUT2D eigenvalue weighted by molar-refractivity contribution is 5.79. The highest BCUT2D eigenvalue weighted by Gasteiger charge is 2.17. The minimum absolute atomic E-state index is 0.00563. The van der Waals surface area contributed by atoms with Gasteiger partial charge in [0.05, 0.1) is 19.6 Å². The molecule has 0 saturated carbocycles. The van der Waals surface area contributed by atoms with E-state index < -0.39 is 5.97 Å². The Morgan fingerprint density at radius 3 is 2.53 bits per heavy atom. The summed E-state index contributed by atoms with van der Waals surface area (Å²) >= 11 is 0. The second-order valence-corrected chi connectivity index (χ2v) is 3.99. The van der Waals surface area contributed by atoms with Crippen LogP contribution in [0.4, 0.5) is 0 Å². The van der Waals surface area contributed by atoms with Gasteiger partial charge in [0, 0.05) is 26.2 Å². The maximum atomic E-state index is 11.8. The predicted molar refractivity (Wildman–Crippen MR) is 63.8 cm³/mol. The van der Waals surface area contributed by atoms with Crippen molar-refractivity contribution in [3.63, 3.8) is 0 Å². The van der Waals surface area contributed by atoms with Gasteiger partial charge in [-0.15, -0.1) is 0 Å². The van der Waals surface area contributed by atoms with Crippen molar-refractivity contribution in [2.75, 3.05) is 33.4 Å². The molecule has 0 saturated heterocycles. The summed E-state index contributed by atoms with van der Waals surface area (Å²) in [5.41, 5.74) is 0. The number of aliphatic carboxylic acids is 1. The lowest BCUT2D eigenvalue weighted by Crippen LogP contribution is -2.43. The van der Waals surface area contributed by atoms with Gasteiger partial charge in [0.1, 0.15) is 0 Å². The number of hydrogen-bond donors (Lipinski definition) is 2. The third-order valence-electron chi connectivity index (χ3n) is 2.27. The van der Waals surface area contributed by atoms with E-state index in [-0.39, 0.29) is 31.5 Å². The zero-order chi connectivity index (χ0) is 13.3. The molecule has 0 rings (SSSR count). The first-order valence-electron chi connectivity index (χ1n) is 5.70. The van der Waals surface area contributed by atoms with Gasteiger partial charge in [-0.25, -0.2) is 0 Å². The van der Waals surface area contributed by atoms with E-state index >= 15 is 0 Å². The van der Waals surface area contributed by atoms with Crippen molar-refractivity contribution >= 4 is 11.9 Å². The zero-order valence-electron chi connectivity index (χ0n) is 10.7. The molecule has 0 fully saturated rings. The Morgan fingerprint density at radius 1 is 1.41 bits per heavy atom. The summed E-state index contributed by atoms with van der Waals surface area (Å²) in [5.74, 6) is -0.979. The number of carbonyl (C=O) groups is 2. The van der Waals surface area contributed by atoms with Crippen molar-refractivity contribution in [2.24, 2.45) is 0 Å². The van der Waals surface area contributed by atoms with E-state index in [9.17, 15) is 9.59 Å². The van der Waals surface area contributed by atoms with Crippen LogP contribution in [-0.2, 0) is 14.3 Å². The molecule has 0 radical (unpaired) electrons. The maximum Gasteiger partial charge on any atom is 0.305 e. The monoisotopic (exact) mass is 246 g/mol. The average molecular weight is 246 g/mol. The Balaban J connectivity index is 4.02. The van der Waals surface area contributed by atoms with Crippen molar-refractivity contribution in [1.82, 2.24) is 10.2 Å². The summed E-state index contributed by atoms with van der Waals surface area (Å²) in [4.78, 5) is 23.8. The molecule has 100 valence electrons. The van der Waals surface area contributed by atoms with Crippen LogP contribution in [0.3, 0.4) is 0 Å². The lowest BCUT2D eigenvalue weighted by molar-refractivity contribution is -0.138. The van der Waals surface area contributed by atoms with E-state index in [0.29, 0.717) is 13.2 Å². The van der Waals surface area contributed by atoms with Crippen molar-refractivity contribution < 1.29 is 19.4 Å². The van der Waals surface area contributed by atoms with E-state index in [0.717, 1.165) is 0 Å². The molecule has 0 aromatic rings. The van der Waals surface area contributed by atoms with E-state index in [2.05, 4.69) is 5.32 Å². The summed E-state index contributed by atoms with van der Waals surface area (Å²) in [6.45, 7) is 5.35. The SMILES string of the molecule is COCCNCC(=O)N(CCC(=O)O)C(C)C. The number of nitrogens with zero attached hydrogens (tertiary/aromatic N) is 1. The van der Waals surface area contributed by atoms with Crippen LogP contribution in [0, 0.1) is 0 Å². The number of ether oxygens (including phenoxy) is 1. The van der Waals surface area contributed by atoms with Gasteiger partial charge in [-0.2, -0.15) is 0 Å². The van der Waals surface area contributed by atoms with Crippen molar-refractivity contribution in [3.8, 4) is 0 Å². The largest absolute Gasteiger partial charge is 0.481 e. The molecular weight excluding hydrogens is 224 g/mol. The van der Waals surface area contributed by atoms with Crippen LogP contribution in [0.1, 0.15) is 20.3 Å². The number of amides is 1. The molecule has 6 heteroatoms. The Morgan fingerprint density at radius 2 is 2.06 bits per heavy atom. The molecule has 2 N–H and O–H groups in total. The Labute approximate surface area is 102 Å². The molecule has 0 aromatic carbocycles. The fourth-order valence-electron chi connectivity index (χ4n) is 1.36. The van der Waals surface area contributed by atoms with Crippen LogP contribution in [0.5, 0.6) is 0 Å². The second kappa shape index (κ2) is 8.95. The predicted octanol–water partition coefficient (Wildman–Crippen LogP) is -0.0659. The maximum absolute atomic E-state index is 11.8. The number of carbonyl (C=O) groups excluding carboxylic acids is 1. The summed E-state index contributed by atoms with van der Waals surface area (Å²) in [5, 5.41) is 11.5. The smallest absolute Gasteiger partial charge is 0.305 e. The lowest BCUT2D eigenvalue weighted by Gasteiger charge is -2.26. The highest BCUT2D eigenvalue weighted by atomic mass is 16.5. The second-order valence-electron chi connectivity index (χ2n) is 3.99. The van der Waals surface area contributed by atoms with Crippen LogP contribution in [0.2, 0.25) is 0 Å². The molecule has 0 spiro atoms. The summed E-state index contributed by atoms with van der Waals surface area (Å²) in [6, 6.07) is 0.00563. The first kappa shape index (κ1) is 15.9. The normalized spacial score (nSPS) is 10.6. The molecule has 0 aliphatic heterocycles. The third-order valence-corrected chi connectivity index (χ3v) is 2.27. The summed E-state index contributed by atoms with van der Waals surface area (Å²) in [7, 11) is 1.59. The van der Waals surface area contributed by atoms with Gasteiger partial charge in [0.25, 0.3) is 0 Å². The quantitative estimate of drug-likeness (QED) is 0.557. The molecule has 17 heavy (non-hydrogen) atoms. The molecule has 0 aromatic heterocycles. The molecule has 0 atom stereocenters. The standard InChI is InChI=1S/C11H22N2O4/c1-9(2)13(6-4-11(15)16)10(14)8-12-5-7-17-3/h9,12H,4-8H2,1-3H3,(H,15,16). The molecule has 1 amide bonds. The zero-order valence-corrected chi connectivity index (χ0v) is 10.7. The fraction of sp³-hybridized carbons (Fsp3) is 0.818. The molecule has 0 unspecified atom stereocenters.